The van der Waals surface area contributed by atoms with E-state index in [9.17, 15) is 0 Å². The number of hydrogen-bond acceptors (Lipinski definition) is 4. The Morgan fingerprint density at radius 3 is 2.84 bits per heavy atom. The molecule has 19 heavy (non-hydrogen) atoms. The fourth-order valence-electron chi connectivity index (χ4n) is 1.78. The van der Waals surface area contributed by atoms with Crippen LogP contribution in [-0.2, 0) is 0 Å². The molecule has 0 saturated heterocycles. The molecule has 0 radical (unpaired) electrons. The van der Waals surface area contributed by atoms with Crippen LogP contribution in [0.3, 0.4) is 0 Å². The Hall–Kier alpha value is -1.20. The lowest BCUT2D eigenvalue weighted by Crippen LogP contribution is -2.29. The van der Waals surface area contributed by atoms with Crippen LogP contribution in [0.2, 0.25) is 0 Å². The van der Waals surface area contributed by atoms with Gasteiger partial charge in [0.1, 0.15) is 5.75 Å². The molecule has 2 rings (SSSR count). The first kappa shape index (κ1) is 14.2. The van der Waals surface area contributed by atoms with Crippen molar-refractivity contribution in [2.75, 3.05) is 13.7 Å². The second-order valence-corrected chi connectivity index (χ2v) is 6.34. The van der Waals surface area contributed by atoms with Crippen molar-refractivity contribution in [3.05, 3.63) is 18.2 Å². The van der Waals surface area contributed by atoms with Crippen molar-refractivity contribution < 1.29 is 4.74 Å². The lowest BCUT2D eigenvalue weighted by molar-refractivity contribution is 0.415. The minimum absolute atomic E-state index is 0.477. The zero-order chi connectivity index (χ0) is 13.8. The van der Waals surface area contributed by atoms with E-state index in [2.05, 4.69) is 36.1 Å². The largest absolute Gasteiger partial charge is 0.497 e. The second-order valence-electron chi connectivity index (χ2n) is 4.92. The van der Waals surface area contributed by atoms with Crippen LogP contribution in [0.1, 0.15) is 20.8 Å². The molecular formula is C14H21N3OS. The summed E-state index contributed by atoms with van der Waals surface area (Å²) in [5, 5.41) is 4.87. The molecule has 0 aliphatic rings. The van der Waals surface area contributed by atoms with Gasteiger partial charge in [0.25, 0.3) is 0 Å². The van der Waals surface area contributed by atoms with Crippen LogP contribution in [-0.4, -0.2) is 34.9 Å². The van der Waals surface area contributed by atoms with E-state index in [-0.39, 0.29) is 0 Å². The standard InChI is InChI=1S/C14H21N3OS/c1-9(2)15-8-10(3)19-14-16-12-6-5-11(18-4)7-13(12)17-14/h5-7,9-10,15H,8H2,1-4H3,(H,16,17). The predicted molar refractivity (Wildman–Crippen MR) is 81.1 cm³/mol. The van der Waals surface area contributed by atoms with Crippen molar-refractivity contribution in [3.8, 4) is 5.75 Å². The molecule has 1 unspecified atom stereocenters. The summed E-state index contributed by atoms with van der Waals surface area (Å²) in [6.45, 7) is 7.49. The number of methoxy groups -OCH3 is 1. The predicted octanol–water partition coefficient (Wildman–Crippen LogP) is 3.05. The van der Waals surface area contributed by atoms with Crippen molar-refractivity contribution in [1.29, 1.82) is 0 Å². The van der Waals surface area contributed by atoms with Gasteiger partial charge in [0.2, 0.25) is 0 Å². The van der Waals surface area contributed by atoms with Crippen LogP contribution in [0.4, 0.5) is 0 Å². The van der Waals surface area contributed by atoms with Gasteiger partial charge in [-0.25, -0.2) is 4.98 Å². The van der Waals surface area contributed by atoms with Crippen LogP contribution in [0.25, 0.3) is 11.0 Å². The number of rotatable bonds is 6. The number of aromatic amines is 1. The third-order valence-corrected chi connectivity index (χ3v) is 3.78. The van der Waals surface area contributed by atoms with Crippen LogP contribution >= 0.6 is 11.8 Å². The molecule has 0 amide bonds. The van der Waals surface area contributed by atoms with Crippen LogP contribution in [0.5, 0.6) is 5.75 Å². The van der Waals surface area contributed by atoms with E-state index >= 15 is 0 Å². The minimum atomic E-state index is 0.477. The lowest BCUT2D eigenvalue weighted by Gasteiger charge is -2.12. The quantitative estimate of drug-likeness (QED) is 0.798. The molecule has 1 aromatic carbocycles. The lowest BCUT2D eigenvalue weighted by atomic mass is 10.3. The molecule has 104 valence electrons. The number of benzene rings is 1. The monoisotopic (exact) mass is 279 g/mol. The topological polar surface area (TPSA) is 49.9 Å². The van der Waals surface area contributed by atoms with E-state index < -0.39 is 0 Å². The third kappa shape index (κ3) is 3.88. The average molecular weight is 279 g/mol. The molecule has 1 aromatic heterocycles. The number of thioether (sulfide) groups is 1. The van der Waals surface area contributed by atoms with E-state index in [0.717, 1.165) is 28.5 Å². The van der Waals surface area contributed by atoms with Gasteiger partial charge >= 0.3 is 0 Å². The number of nitrogens with zero attached hydrogens (tertiary/aromatic N) is 1. The number of hydrogen-bond donors (Lipinski definition) is 2. The zero-order valence-electron chi connectivity index (χ0n) is 11.9. The summed E-state index contributed by atoms with van der Waals surface area (Å²) in [4.78, 5) is 7.91. The van der Waals surface area contributed by atoms with Gasteiger partial charge in [0, 0.05) is 23.9 Å². The minimum Gasteiger partial charge on any atom is -0.497 e. The van der Waals surface area contributed by atoms with Crippen molar-refractivity contribution in [2.24, 2.45) is 0 Å². The smallest absolute Gasteiger partial charge is 0.166 e. The molecule has 5 heteroatoms. The summed E-state index contributed by atoms with van der Waals surface area (Å²) >= 11 is 1.75. The van der Waals surface area contributed by atoms with E-state index in [1.54, 1.807) is 18.9 Å². The maximum Gasteiger partial charge on any atom is 0.166 e. The Kier molecular flexibility index (Phi) is 4.71. The van der Waals surface area contributed by atoms with Gasteiger partial charge in [0.15, 0.2) is 5.16 Å². The summed E-state index contributed by atoms with van der Waals surface area (Å²) in [5.74, 6) is 0.849. The summed E-state index contributed by atoms with van der Waals surface area (Å²) in [5.41, 5.74) is 2.00. The highest BCUT2D eigenvalue weighted by atomic mass is 32.2. The molecule has 0 aliphatic heterocycles. The normalized spacial score (nSPS) is 13.1. The maximum absolute atomic E-state index is 5.21. The zero-order valence-corrected chi connectivity index (χ0v) is 12.7. The van der Waals surface area contributed by atoms with Crippen molar-refractivity contribution in [3.63, 3.8) is 0 Å². The van der Waals surface area contributed by atoms with Crippen LogP contribution in [0, 0.1) is 0 Å². The van der Waals surface area contributed by atoms with E-state index in [4.69, 9.17) is 4.74 Å². The van der Waals surface area contributed by atoms with Gasteiger partial charge in [-0.2, -0.15) is 0 Å². The first-order valence-corrected chi connectivity index (χ1v) is 7.40. The maximum atomic E-state index is 5.21. The summed E-state index contributed by atoms with van der Waals surface area (Å²) < 4.78 is 5.21. The molecule has 0 spiro atoms. The van der Waals surface area contributed by atoms with Gasteiger partial charge in [-0.05, 0) is 12.1 Å². The van der Waals surface area contributed by atoms with Gasteiger partial charge in [-0.1, -0.05) is 32.5 Å². The fraction of sp³-hybridized carbons (Fsp3) is 0.500. The number of fused-ring (bicyclic) bond motifs is 1. The second kappa shape index (κ2) is 6.30. The van der Waals surface area contributed by atoms with Gasteiger partial charge in [0.05, 0.1) is 18.1 Å². The first-order chi connectivity index (χ1) is 9.08. The van der Waals surface area contributed by atoms with E-state index in [1.165, 1.54) is 0 Å². The Morgan fingerprint density at radius 2 is 2.16 bits per heavy atom. The number of nitrogens with one attached hydrogen (secondary N) is 2. The summed E-state index contributed by atoms with van der Waals surface area (Å²) in [7, 11) is 1.67. The van der Waals surface area contributed by atoms with Gasteiger partial charge in [-0.15, -0.1) is 0 Å². The molecule has 2 aromatic rings. The Morgan fingerprint density at radius 1 is 1.37 bits per heavy atom. The first-order valence-electron chi connectivity index (χ1n) is 6.52. The molecular weight excluding hydrogens is 258 g/mol. The fourth-order valence-corrected chi connectivity index (χ4v) is 2.66. The number of H-pyrrole nitrogens is 1. The molecule has 0 saturated carbocycles. The SMILES string of the molecule is COc1ccc2nc(SC(C)CNC(C)C)[nH]c2c1. The molecule has 0 aliphatic carbocycles. The van der Waals surface area contributed by atoms with E-state index in [1.807, 2.05) is 18.2 Å². The summed E-state index contributed by atoms with van der Waals surface area (Å²) in [6, 6.07) is 6.40. The number of imidazole rings is 1. The highest BCUT2D eigenvalue weighted by Gasteiger charge is 2.09. The van der Waals surface area contributed by atoms with Crippen molar-refractivity contribution in [1.82, 2.24) is 15.3 Å². The molecule has 2 N–H and O–H groups in total. The number of aromatic nitrogens is 2. The molecule has 0 fully saturated rings. The van der Waals surface area contributed by atoms with Crippen LogP contribution < -0.4 is 10.1 Å². The number of ether oxygens (including phenoxy) is 1. The Balaban J connectivity index is 2.04. The summed E-state index contributed by atoms with van der Waals surface area (Å²) in [6.07, 6.45) is 0. The highest BCUT2D eigenvalue weighted by Crippen LogP contribution is 2.25. The Bertz CT molecular complexity index is 538. The Labute approximate surface area is 118 Å². The van der Waals surface area contributed by atoms with Gasteiger partial charge in [-0.3, -0.25) is 0 Å². The van der Waals surface area contributed by atoms with Crippen molar-refractivity contribution in [2.45, 2.75) is 37.2 Å². The van der Waals surface area contributed by atoms with E-state index in [0.29, 0.717) is 11.3 Å². The van der Waals surface area contributed by atoms with Crippen molar-refractivity contribution >= 4 is 22.8 Å². The van der Waals surface area contributed by atoms with Crippen LogP contribution in [0.15, 0.2) is 23.4 Å². The molecule has 4 nitrogen and oxygen atoms in total. The highest BCUT2D eigenvalue weighted by molar-refractivity contribution is 7.99. The average Bonchev–Trinajstić information content (AvgIpc) is 2.77. The van der Waals surface area contributed by atoms with Gasteiger partial charge < -0.3 is 15.0 Å². The third-order valence-electron chi connectivity index (χ3n) is 2.79. The molecule has 0 bridgehead atoms. The molecule has 1 atom stereocenters. The molecule has 1 heterocycles.